The van der Waals surface area contributed by atoms with Gasteiger partial charge in [-0.25, -0.2) is 4.98 Å². The molecule has 1 amide bonds. The predicted octanol–water partition coefficient (Wildman–Crippen LogP) is 4.42. The van der Waals surface area contributed by atoms with Gasteiger partial charge >= 0.3 is 0 Å². The van der Waals surface area contributed by atoms with Crippen LogP contribution in [0.3, 0.4) is 0 Å². The van der Waals surface area contributed by atoms with Crippen LogP contribution in [0.4, 0.5) is 0 Å². The molecule has 1 aromatic carbocycles. The van der Waals surface area contributed by atoms with Gasteiger partial charge in [0.05, 0.1) is 0 Å². The van der Waals surface area contributed by atoms with Crippen molar-refractivity contribution in [1.29, 1.82) is 0 Å². The number of amides is 1. The Hall–Kier alpha value is -1.88. The number of hydrogen-bond donors (Lipinski definition) is 1. The lowest BCUT2D eigenvalue weighted by Gasteiger charge is -2.28. The number of oxazole rings is 1. The van der Waals surface area contributed by atoms with E-state index in [4.69, 9.17) is 4.42 Å². The SMILES string of the molecule is CCCN(C(=O)CCC1(C)CCCC1)C(O)c1nc2ccccc2o1. The third kappa shape index (κ3) is 4.03. The lowest BCUT2D eigenvalue weighted by Crippen LogP contribution is -2.36. The molecule has 3 rings (SSSR count). The third-order valence-corrected chi connectivity index (χ3v) is 5.36. The second kappa shape index (κ2) is 7.56. The second-order valence-electron chi connectivity index (χ2n) is 7.50. The van der Waals surface area contributed by atoms with Crippen LogP contribution in [-0.4, -0.2) is 27.4 Å². The molecular formula is C20H28N2O3. The Bertz CT molecular complexity index is 686. The van der Waals surface area contributed by atoms with E-state index in [1.165, 1.54) is 30.6 Å². The molecule has 2 aromatic rings. The van der Waals surface area contributed by atoms with Crippen LogP contribution in [-0.2, 0) is 4.79 Å². The maximum absolute atomic E-state index is 12.8. The fraction of sp³-hybridized carbons (Fsp3) is 0.600. The number of carbonyl (C=O) groups excluding carboxylic acids is 1. The summed E-state index contributed by atoms with van der Waals surface area (Å²) < 4.78 is 5.65. The summed E-state index contributed by atoms with van der Waals surface area (Å²) in [6.45, 7) is 4.77. The number of rotatable bonds is 7. The van der Waals surface area contributed by atoms with Crippen LogP contribution in [0, 0.1) is 5.41 Å². The molecule has 25 heavy (non-hydrogen) atoms. The van der Waals surface area contributed by atoms with Gasteiger partial charge in [-0.3, -0.25) is 4.79 Å². The van der Waals surface area contributed by atoms with Crippen LogP contribution >= 0.6 is 0 Å². The summed E-state index contributed by atoms with van der Waals surface area (Å²) >= 11 is 0. The molecule has 0 saturated heterocycles. The molecule has 1 atom stereocenters. The molecule has 0 bridgehead atoms. The summed E-state index contributed by atoms with van der Waals surface area (Å²) in [4.78, 5) is 18.6. The van der Waals surface area contributed by atoms with Gasteiger partial charge in [0.2, 0.25) is 18.0 Å². The van der Waals surface area contributed by atoms with Crippen LogP contribution < -0.4 is 0 Å². The summed E-state index contributed by atoms with van der Waals surface area (Å²) in [6, 6.07) is 7.38. The van der Waals surface area contributed by atoms with Gasteiger partial charge in [-0.05, 0) is 43.2 Å². The van der Waals surface area contributed by atoms with Crippen LogP contribution in [0.15, 0.2) is 28.7 Å². The first kappa shape index (κ1) is 17.9. The monoisotopic (exact) mass is 344 g/mol. The van der Waals surface area contributed by atoms with Crippen LogP contribution in [0.2, 0.25) is 0 Å². The van der Waals surface area contributed by atoms with Gasteiger partial charge in [0.25, 0.3) is 0 Å². The summed E-state index contributed by atoms with van der Waals surface area (Å²) in [6.07, 6.45) is 5.91. The van der Waals surface area contributed by atoms with Crippen molar-refractivity contribution in [2.75, 3.05) is 6.54 Å². The summed E-state index contributed by atoms with van der Waals surface area (Å²) in [5.74, 6) is 0.166. The highest BCUT2D eigenvalue weighted by Crippen LogP contribution is 2.41. The molecule has 1 heterocycles. The first-order chi connectivity index (χ1) is 12.0. The highest BCUT2D eigenvalue weighted by molar-refractivity contribution is 5.77. The van der Waals surface area contributed by atoms with E-state index in [9.17, 15) is 9.90 Å². The topological polar surface area (TPSA) is 66.6 Å². The zero-order chi connectivity index (χ0) is 17.9. The minimum absolute atomic E-state index is 0.0234. The number of aliphatic hydroxyl groups is 1. The van der Waals surface area contributed by atoms with Crippen molar-refractivity contribution in [3.8, 4) is 0 Å². The molecule has 0 aliphatic heterocycles. The molecular weight excluding hydrogens is 316 g/mol. The highest BCUT2D eigenvalue weighted by atomic mass is 16.4. The first-order valence-corrected chi connectivity index (χ1v) is 9.35. The van der Waals surface area contributed by atoms with Gasteiger partial charge < -0.3 is 14.4 Å². The van der Waals surface area contributed by atoms with Gasteiger partial charge in [0, 0.05) is 13.0 Å². The number of aliphatic hydroxyl groups excluding tert-OH is 1. The Morgan fingerprint density at radius 2 is 2.08 bits per heavy atom. The van der Waals surface area contributed by atoms with E-state index >= 15 is 0 Å². The van der Waals surface area contributed by atoms with Crippen molar-refractivity contribution in [3.63, 3.8) is 0 Å². The third-order valence-electron chi connectivity index (χ3n) is 5.36. The van der Waals surface area contributed by atoms with E-state index in [0.717, 1.165) is 12.8 Å². The smallest absolute Gasteiger partial charge is 0.246 e. The molecule has 0 spiro atoms. The molecule has 0 radical (unpaired) electrons. The highest BCUT2D eigenvalue weighted by Gasteiger charge is 2.32. The Morgan fingerprint density at radius 1 is 1.36 bits per heavy atom. The van der Waals surface area contributed by atoms with Crippen molar-refractivity contribution in [2.45, 2.75) is 65.0 Å². The van der Waals surface area contributed by atoms with E-state index in [-0.39, 0.29) is 17.2 Å². The minimum atomic E-state index is -1.13. The van der Waals surface area contributed by atoms with Crippen LogP contribution in [0.25, 0.3) is 11.1 Å². The molecule has 136 valence electrons. The zero-order valence-electron chi connectivity index (χ0n) is 15.2. The summed E-state index contributed by atoms with van der Waals surface area (Å²) in [7, 11) is 0. The van der Waals surface area contributed by atoms with E-state index in [1.54, 1.807) is 0 Å². The van der Waals surface area contributed by atoms with Crippen molar-refractivity contribution in [2.24, 2.45) is 5.41 Å². The van der Waals surface area contributed by atoms with E-state index < -0.39 is 6.23 Å². The van der Waals surface area contributed by atoms with Crippen LogP contribution in [0.1, 0.15) is 70.9 Å². The van der Waals surface area contributed by atoms with Gasteiger partial charge in [-0.15, -0.1) is 0 Å². The standard InChI is InChI=1S/C20H28N2O3/c1-3-14-22(17(23)10-13-20(2)11-6-7-12-20)19(24)18-21-15-8-4-5-9-16(15)25-18/h4-5,8-9,19,24H,3,6-7,10-14H2,1-2H3. The Labute approximate surface area is 149 Å². The van der Waals surface area contributed by atoms with Gasteiger partial charge in [-0.1, -0.05) is 38.8 Å². The van der Waals surface area contributed by atoms with E-state index in [0.29, 0.717) is 24.1 Å². The molecule has 1 saturated carbocycles. The normalized spacial score (nSPS) is 17.7. The molecule has 1 aliphatic rings. The van der Waals surface area contributed by atoms with Gasteiger partial charge in [0.1, 0.15) is 5.52 Å². The Balaban J connectivity index is 1.71. The van der Waals surface area contributed by atoms with Crippen molar-refractivity contribution in [1.82, 2.24) is 9.88 Å². The number of aromatic nitrogens is 1. The zero-order valence-corrected chi connectivity index (χ0v) is 15.2. The lowest BCUT2D eigenvalue weighted by atomic mass is 9.84. The van der Waals surface area contributed by atoms with Crippen molar-refractivity contribution in [3.05, 3.63) is 30.2 Å². The number of para-hydroxylation sites is 2. The van der Waals surface area contributed by atoms with Crippen molar-refractivity contribution < 1.29 is 14.3 Å². The maximum atomic E-state index is 12.8. The largest absolute Gasteiger partial charge is 0.436 e. The summed E-state index contributed by atoms with van der Waals surface area (Å²) in [5, 5.41) is 10.7. The fourth-order valence-corrected chi connectivity index (χ4v) is 3.79. The average Bonchev–Trinajstić information content (AvgIpc) is 3.23. The minimum Gasteiger partial charge on any atom is -0.436 e. The quantitative estimate of drug-likeness (QED) is 0.755. The first-order valence-electron chi connectivity index (χ1n) is 9.35. The Kier molecular flexibility index (Phi) is 5.42. The van der Waals surface area contributed by atoms with E-state index in [2.05, 4.69) is 11.9 Å². The van der Waals surface area contributed by atoms with Gasteiger partial charge in [-0.2, -0.15) is 0 Å². The number of hydrogen-bond acceptors (Lipinski definition) is 4. The predicted molar refractivity (Wildman–Crippen MR) is 96.8 cm³/mol. The lowest BCUT2D eigenvalue weighted by molar-refractivity contribution is -0.144. The van der Waals surface area contributed by atoms with Crippen LogP contribution in [0.5, 0.6) is 0 Å². The molecule has 1 N–H and O–H groups in total. The number of benzene rings is 1. The second-order valence-corrected chi connectivity index (χ2v) is 7.50. The summed E-state index contributed by atoms with van der Waals surface area (Å²) in [5.41, 5.74) is 1.59. The molecule has 1 fully saturated rings. The molecule has 5 heteroatoms. The molecule has 5 nitrogen and oxygen atoms in total. The molecule has 1 aliphatic carbocycles. The number of carbonyl (C=O) groups is 1. The maximum Gasteiger partial charge on any atom is 0.246 e. The Morgan fingerprint density at radius 3 is 2.76 bits per heavy atom. The molecule has 1 unspecified atom stereocenters. The number of fused-ring (bicyclic) bond motifs is 1. The average molecular weight is 344 g/mol. The van der Waals surface area contributed by atoms with E-state index in [1.807, 2.05) is 31.2 Å². The molecule has 1 aromatic heterocycles. The van der Waals surface area contributed by atoms with Gasteiger partial charge in [0.15, 0.2) is 5.58 Å². The fourth-order valence-electron chi connectivity index (χ4n) is 3.79. The number of nitrogens with zero attached hydrogens (tertiary/aromatic N) is 2. The van der Waals surface area contributed by atoms with Crippen molar-refractivity contribution >= 4 is 17.0 Å².